The van der Waals surface area contributed by atoms with E-state index in [9.17, 15) is 13.2 Å². The third kappa shape index (κ3) is 4.01. The molecule has 2 aliphatic heterocycles. The monoisotopic (exact) mass is 422 g/mol. The van der Waals surface area contributed by atoms with Gasteiger partial charge in [-0.3, -0.25) is 4.79 Å². The van der Waals surface area contributed by atoms with E-state index in [0.717, 1.165) is 12.0 Å². The van der Waals surface area contributed by atoms with Crippen molar-refractivity contribution >= 4 is 27.3 Å². The van der Waals surface area contributed by atoms with Gasteiger partial charge in [-0.2, -0.15) is 15.6 Å². The smallest absolute Gasteiger partial charge is 0.243 e. The van der Waals surface area contributed by atoms with Gasteiger partial charge in [0.05, 0.1) is 24.5 Å². The van der Waals surface area contributed by atoms with E-state index in [1.54, 1.807) is 28.4 Å². The molecule has 2 aromatic rings. The van der Waals surface area contributed by atoms with Crippen molar-refractivity contribution in [1.82, 2.24) is 9.21 Å². The van der Waals surface area contributed by atoms with E-state index in [-0.39, 0.29) is 23.9 Å². The van der Waals surface area contributed by atoms with Crippen molar-refractivity contribution in [3.63, 3.8) is 0 Å². The number of piperazine rings is 1. The quantitative estimate of drug-likeness (QED) is 0.753. The molecule has 1 aromatic carbocycles. The molecule has 1 fully saturated rings. The minimum Gasteiger partial charge on any atom is -0.490 e. The molecule has 28 heavy (non-hydrogen) atoms. The number of benzene rings is 1. The van der Waals surface area contributed by atoms with E-state index in [1.807, 2.05) is 16.8 Å². The highest BCUT2D eigenvalue weighted by molar-refractivity contribution is 7.89. The first kappa shape index (κ1) is 19.2. The molecule has 0 aliphatic carbocycles. The summed E-state index contributed by atoms with van der Waals surface area (Å²) in [6.07, 6.45) is 1.12. The van der Waals surface area contributed by atoms with Gasteiger partial charge in [0.15, 0.2) is 11.5 Å². The summed E-state index contributed by atoms with van der Waals surface area (Å²) in [6.45, 7) is 2.42. The van der Waals surface area contributed by atoms with Crippen LogP contribution >= 0.6 is 11.3 Å². The van der Waals surface area contributed by atoms with Crippen molar-refractivity contribution in [2.24, 2.45) is 0 Å². The summed E-state index contributed by atoms with van der Waals surface area (Å²) in [4.78, 5) is 14.3. The van der Waals surface area contributed by atoms with Crippen molar-refractivity contribution in [3.05, 3.63) is 40.6 Å². The van der Waals surface area contributed by atoms with Crippen LogP contribution in [0.5, 0.6) is 11.5 Å². The van der Waals surface area contributed by atoms with Crippen molar-refractivity contribution in [3.8, 4) is 11.5 Å². The number of nitrogens with zero attached hydrogens (tertiary/aromatic N) is 2. The summed E-state index contributed by atoms with van der Waals surface area (Å²) in [5.41, 5.74) is 0.997. The van der Waals surface area contributed by atoms with Gasteiger partial charge in [-0.1, -0.05) is 0 Å². The zero-order chi connectivity index (χ0) is 19.6. The lowest BCUT2D eigenvalue weighted by Crippen LogP contribution is -2.50. The summed E-state index contributed by atoms with van der Waals surface area (Å²) in [5, 5.41) is 3.91. The summed E-state index contributed by atoms with van der Waals surface area (Å²) < 4.78 is 38.6. The second kappa shape index (κ2) is 8.10. The van der Waals surface area contributed by atoms with E-state index in [4.69, 9.17) is 9.47 Å². The average molecular weight is 423 g/mol. The Labute approximate surface area is 168 Å². The van der Waals surface area contributed by atoms with Crippen molar-refractivity contribution < 1.29 is 22.7 Å². The summed E-state index contributed by atoms with van der Waals surface area (Å²) in [6, 6.07) is 6.67. The van der Waals surface area contributed by atoms with Crippen LogP contribution in [0.15, 0.2) is 39.9 Å². The Bertz CT molecular complexity index is 935. The lowest BCUT2D eigenvalue weighted by atomic mass is 10.2. The van der Waals surface area contributed by atoms with Crippen LogP contribution in [-0.2, 0) is 21.2 Å². The molecular weight excluding hydrogens is 400 g/mol. The number of amides is 1. The highest BCUT2D eigenvalue weighted by Crippen LogP contribution is 2.33. The normalized spacial score (nSPS) is 17.9. The number of sulfonamides is 1. The van der Waals surface area contributed by atoms with Crippen LogP contribution in [0, 0.1) is 0 Å². The number of rotatable bonds is 4. The Hall–Kier alpha value is -2.10. The van der Waals surface area contributed by atoms with Gasteiger partial charge in [0, 0.05) is 38.7 Å². The van der Waals surface area contributed by atoms with Gasteiger partial charge in [-0.15, -0.1) is 0 Å². The van der Waals surface area contributed by atoms with Crippen LogP contribution in [0.3, 0.4) is 0 Å². The molecule has 4 rings (SSSR count). The second-order valence-electron chi connectivity index (χ2n) is 6.75. The number of hydrogen-bond donors (Lipinski definition) is 0. The molecule has 0 radical (unpaired) electrons. The molecule has 2 aliphatic rings. The average Bonchev–Trinajstić information content (AvgIpc) is 3.10. The molecule has 3 heterocycles. The summed E-state index contributed by atoms with van der Waals surface area (Å²) >= 11 is 1.56. The molecule has 1 amide bonds. The van der Waals surface area contributed by atoms with Crippen molar-refractivity contribution in [2.45, 2.75) is 17.7 Å². The van der Waals surface area contributed by atoms with Crippen LogP contribution in [0.4, 0.5) is 0 Å². The number of carbonyl (C=O) groups is 1. The van der Waals surface area contributed by atoms with E-state index >= 15 is 0 Å². The fourth-order valence-electron chi connectivity index (χ4n) is 3.31. The maximum atomic E-state index is 13.0. The third-order valence-electron chi connectivity index (χ3n) is 4.88. The predicted molar refractivity (Wildman–Crippen MR) is 105 cm³/mol. The van der Waals surface area contributed by atoms with Gasteiger partial charge in [0.25, 0.3) is 0 Å². The Balaban J connectivity index is 1.42. The first-order valence-corrected chi connectivity index (χ1v) is 11.6. The maximum absolute atomic E-state index is 13.0. The first-order chi connectivity index (χ1) is 13.5. The largest absolute Gasteiger partial charge is 0.490 e. The van der Waals surface area contributed by atoms with E-state index in [0.29, 0.717) is 44.2 Å². The summed E-state index contributed by atoms with van der Waals surface area (Å²) in [7, 11) is -3.64. The molecule has 150 valence electrons. The topological polar surface area (TPSA) is 76.2 Å². The Kier molecular flexibility index (Phi) is 5.56. The second-order valence-corrected chi connectivity index (χ2v) is 9.47. The van der Waals surface area contributed by atoms with Gasteiger partial charge in [0.2, 0.25) is 15.9 Å². The van der Waals surface area contributed by atoms with Crippen LogP contribution in [0.2, 0.25) is 0 Å². The minimum absolute atomic E-state index is 0.0334. The third-order valence-corrected chi connectivity index (χ3v) is 7.51. The van der Waals surface area contributed by atoms with Crippen molar-refractivity contribution in [2.75, 3.05) is 39.4 Å². The summed E-state index contributed by atoms with van der Waals surface area (Å²) in [5.74, 6) is 1.06. The Morgan fingerprint density at radius 1 is 1.04 bits per heavy atom. The van der Waals surface area contributed by atoms with Gasteiger partial charge in [0.1, 0.15) is 0 Å². The van der Waals surface area contributed by atoms with E-state index in [1.165, 1.54) is 10.4 Å². The highest BCUT2D eigenvalue weighted by atomic mass is 32.2. The molecule has 0 saturated carbocycles. The zero-order valence-electron chi connectivity index (χ0n) is 15.4. The predicted octanol–water partition coefficient (Wildman–Crippen LogP) is 1.99. The number of thiophene rings is 1. The van der Waals surface area contributed by atoms with E-state index < -0.39 is 10.0 Å². The maximum Gasteiger partial charge on any atom is 0.243 e. The van der Waals surface area contributed by atoms with Gasteiger partial charge >= 0.3 is 0 Å². The molecule has 9 heteroatoms. The van der Waals surface area contributed by atoms with Crippen LogP contribution in [0.1, 0.15) is 12.0 Å². The van der Waals surface area contributed by atoms with Gasteiger partial charge < -0.3 is 14.4 Å². The first-order valence-electron chi connectivity index (χ1n) is 9.23. The van der Waals surface area contributed by atoms with Gasteiger partial charge in [-0.25, -0.2) is 8.42 Å². The molecule has 1 saturated heterocycles. The van der Waals surface area contributed by atoms with Crippen LogP contribution < -0.4 is 9.47 Å². The Morgan fingerprint density at radius 2 is 1.79 bits per heavy atom. The number of hydrogen-bond acceptors (Lipinski definition) is 6. The van der Waals surface area contributed by atoms with Crippen LogP contribution in [0.25, 0.3) is 0 Å². The fraction of sp³-hybridized carbons (Fsp3) is 0.421. The van der Waals surface area contributed by atoms with Crippen LogP contribution in [-0.4, -0.2) is 62.9 Å². The standard InChI is InChI=1S/C19H22N2O5S2/c22-19(12-15-4-11-27-14-15)20-5-7-21(8-6-20)28(23,24)16-2-3-17-18(13-16)26-10-1-9-25-17/h2-4,11,13-14H,1,5-10,12H2. The number of ether oxygens (including phenoxy) is 2. The molecule has 0 spiro atoms. The lowest BCUT2D eigenvalue weighted by molar-refractivity contribution is -0.131. The van der Waals surface area contributed by atoms with Crippen molar-refractivity contribution in [1.29, 1.82) is 0 Å². The molecule has 0 unspecified atom stereocenters. The SMILES string of the molecule is O=C(Cc1ccsc1)N1CCN(S(=O)(=O)c2ccc3c(c2)OCCCO3)CC1. The molecule has 0 atom stereocenters. The minimum atomic E-state index is -3.64. The van der Waals surface area contributed by atoms with E-state index in [2.05, 4.69) is 0 Å². The molecule has 0 N–H and O–H groups in total. The molecule has 1 aromatic heterocycles. The molecule has 7 nitrogen and oxygen atoms in total. The lowest BCUT2D eigenvalue weighted by Gasteiger charge is -2.34. The molecule has 0 bridgehead atoms. The zero-order valence-corrected chi connectivity index (χ0v) is 17.0. The number of fused-ring (bicyclic) bond motifs is 1. The molecular formula is C19H22N2O5S2. The number of carbonyl (C=O) groups excluding carboxylic acids is 1. The van der Waals surface area contributed by atoms with Gasteiger partial charge in [-0.05, 0) is 34.5 Å². The Morgan fingerprint density at radius 3 is 2.50 bits per heavy atom. The fourth-order valence-corrected chi connectivity index (χ4v) is 5.42. The highest BCUT2D eigenvalue weighted by Gasteiger charge is 2.31.